The second-order valence-corrected chi connectivity index (χ2v) is 31.9. The van der Waals surface area contributed by atoms with Crippen molar-refractivity contribution in [2.75, 3.05) is 87.8 Å². The number of carboxylic acids is 1. The smallest absolute Gasteiger partial charge is 0.748 e. The molecular formula is C85H124K2N8O24S3. The van der Waals surface area contributed by atoms with E-state index in [1.807, 2.05) is 31.1 Å². The first-order valence-electron chi connectivity index (χ1n) is 36.6. The van der Waals surface area contributed by atoms with Gasteiger partial charge in [-0.3, -0.25) is 38.2 Å². The van der Waals surface area contributed by atoms with Gasteiger partial charge in [0.1, 0.15) is 18.2 Å². The van der Waals surface area contributed by atoms with E-state index in [2.05, 4.69) is 124 Å². The number of benzene rings is 2. The van der Waals surface area contributed by atoms with Gasteiger partial charge >= 0.3 is 127 Å². The van der Waals surface area contributed by atoms with Crippen LogP contribution in [0.2, 0.25) is 0 Å². The summed E-state index contributed by atoms with van der Waals surface area (Å²) in [7, 11) is -8.69. The van der Waals surface area contributed by atoms with Crippen LogP contribution < -0.4 is 130 Å². The molecule has 9 N–H and O–H groups in total. The molecule has 0 atom stereocenters. The quantitative estimate of drug-likeness (QED) is 0.00439. The van der Waals surface area contributed by atoms with Crippen molar-refractivity contribution in [2.45, 2.75) is 139 Å². The monoisotopic (exact) mass is 1810 g/mol. The van der Waals surface area contributed by atoms with E-state index in [-0.39, 0.29) is 182 Å². The Hall–Kier alpha value is -8.04. The number of aromatic nitrogens is 2. The maximum absolute atomic E-state index is 10.9. The predicted octanol–water partition coefficient (Wildman–Crippen LogP) is 5.27. The zero-order chi connectivity index (χ0) is 94.0. The van der Waals surface area contributed by atoms with Gasteiger partial charge < -0.3 is 60.6 Å². The van der Waals surface area contributed by atoms with Crippen LogP contribution in [0.4, 0.5) is 17.3 Å². The van der Waals surface area contributed by atoms with E-state index in [0.29, 0.717) is 89.2 Å². The molecule has 2 heterocycles. The molecular weight excluding hydrogens is 1690 g/mol. The number of amides is 3. The van der Waals surface area contributed by atoms with Crippen molar-refractivity contribution >= 4 is 113 Å². The molecule has 0 spiro atoms. The normalized spacial score (nSPS) is 10.0. The average Bonchev–Trinajstić information content (AvgIpc) is 0.842. The van der Waals surface area contributed by atoms with Gasteiger partial charge in [-0.1, -0.05) is 142 Å². The first kappa shape index (κ1) is 130. The summed E-state index contributed by atoms with van der Waals surface area (Å²) >= 11 is 0. The summed E-state index contributed by atoms with van der Waals surface area (Å²) in [6, 6.07) is 24.3. The van der Waals surface area contributed by atoms with Crippen molar-refractivity contribution in [1.29, 1.82) is 0 Å². The molecule has 0 fully saturated rings. The van der Waals surface area contributed by atoms with Crippen LogP contribution in [0.15, 0.2) is 209 Å². The average molecular weight is 1820 g/mol. The van der Waals surface area contributed by atoms with Gasteiger partial charge in [0.05, 0.1) is 75.7 Å². The van der Waals surface area contributed by atoms with E-state index in [1.165, 1.54) is 39.0 Å². The van der Waals surface area contributed by atoms with E-state index in [0.717, 1.165) is 49.5 Å². The summed E-state index contributed by atoms with van der Waals surface area (Å²) in [6.45, 7) is 56.2. The van der Waals surface area contributed by atoms with Gasteiger partial charge in [-0.15, -0.1) is 0 Å². The Balaban J connectivity index is -0.000000197. The van der Waals surface area contributed by atoms with Gasteiger partial charge in [0.2, 0.25) is 17.7 Å². The number of carboxylic acid groups (broad SMARTS) is 1. The zero-order valence-electron chi connectivity index (χ0n) is 73.4. The Morgan fingerprint density at radius 3 is 1.48 bits per heavy atom. The molecule has 0 aliphatic heterocycles. The molecule has 0 saturated heterocycles. The van der Waals surface area contributed by atoms with E-state index in [1.54, 1.807) is 113 Å². The molecule has 0 saturated carbocycles. The number of allylic oxidation sites excluding steroid dienone is 3. The van der Waals surface area contributed by atoms with E-state index >= 15 is 0 Å². The number of carbonyl (C=O) groups is 10. The van der Waals surface area contributed by atoms with Gasteiger partial charge in [-0.25, -0.2) is 46.0 Å². The minimum atomic E-state index is -4.21. The number of carbonyl (C=O) groups excluding carboxylic acids is 9. The molecule has 2 aromatic carbocycles. The van der Waals surface area contributed by atoms with Crippen LogP contribution in [0.5, 0.6) is 0 Å². The number of rotatable bonds is 38. The third-order valence-corrected chi connectivity index (χ3v) is 15.8. The number of esters is 3. The Kier molecular flexibility index (Phi) is 79.0. The van der Waals surface area contributed by atoms with Crippen LogP contribution in [-0.4, -0.2) is 194 Å². The van der Waals surface area contributed by atoms with Gasteiger partial charge in [0.25, 0.3) is 10.1 Å². The minimum Gasteiger partial charge on any atom is -0.748 e. The van der Waals surface area contributed by atoms with Gasteiger partial charge in [0, 0.05) is 65.1 Å². The number of Topliss-reactive ketones (excluding diaryl/α,β-unsaturated/α-hetero) is 1. The topological polar surface area (TPSA) is 514 Å². The zero-order valence-corrected chi connectivity index (χ0v) is 82.1. The van der Waals surface area contributed by atoms with Crippen molar-refractivity contribution < 1.29 is 214 Å². The molecule has 0 radical (unpaired) electrons. The number of nitrogens with two attached hydrogens (primary N) is 2. The largest absolute Gasteiger partial charge is 1.00 e. The molecule has 0 aliphatic carbocycles. The number of nitrogens with one attached hydrogen (secondary N) is 3. The van der Waals surface area contributed by atoms with Crippen molar-refractivity contribution in [3.8, 4) is 0 Å². The van der Waals surface area contributed by atoms with Crippen LogP contribution >= 0.6 is 0 Å². The number of hydrogen-bond acceptors (Lipinski definition) is 27. The van der Waals surface area contributed by atoms with Gasteiger partial charge in [0.15, 0.2) is 17.3 Å². The number of hydrogen-bond donors (Lipinski definition) is 7. The SMILES string of the molecule is C=C(C)C(=O)CCCS(=O)(=O)[O-].C=C(C)C(=O)NCN(C)C.C=C(C)C(=O)OCCCC(C)(C)C.C=C(C)C(=O)OCCCS(=O)(=O)[O-].C=C(C)C(=O)OCCOCCCC.C=CC(=O)Cc1cccc(N)c1.C=CC(=O)Cc1cccc(N)n1.C=CC(=O)NC(C)(C)CS(=O)(=O)O.C=CC(=O)Nc1ccccn1.C=Cc1ccc(C(=O)O)cc1.[K+].[K+]. The Morgan fingerprint density at radius 1 is 0.582 bits per heavy atom. The number of ketones is 3. The number of ether oxygens (including phenoxy) is 4. The Bertz CT molecular complexity index is 4280. The third kappa shape index (κ3) is 91.2. The number of nitrogens with zero attached hydrogens (tertiary/aromatic N) is 3. The summed E-state index contributed by atoms with van der Waals surface area (Å²) in [5.74, 6) is -3.71. The minimum absolute atomic E-state index is 0. The molecule has 122 heavy (non-hydrogen) atoms. The molecule has 32 nitrogen and oxygen atoms in total. The van der Waals surface area contributed by atoms with Gasteiger partial charge in [-0.05, 0) is 190 Å². The molecule has 0 bridgehead atoms. The summed E-state index contributed by atoms with van der Waals surface area (Å²) < 4.78 is 110. The molecule has 37 heteroatoms. The second kappa shape index (κ2) is 74.4. The van der Waals surface area contributed by atoms with Crippen molar-refractivity contribution in [1.82, 2.24) is 25.5 Å². The first-order chi connectivity index (χ1) is 55.4. The molecule has 4 rings (SSSR count). The van der Waals surface area contributed by atoms with Crippen molar-refractivity contribution in [3.05, 3.63) is 231 Å². The maximum Gasteiger partial charge on any atom is 1.00 e. The summed E-state index contributed by atoms with van der Waals surface area (Å²) in [6.07, 6.45) is 13.1. The summed E-state index contributed by atoms with van der Waals surface area (Å²) in [4.78, 5) is 118. The van der Waals surface area contributed by atoms with Crippen molar-refractivity contribution in [2.24, 2.45) is 5.41 Å². The van der Waals surface area contributed by atoms with E-state index in [9.17, 15) is 82.3 Å². The fourth-order valence-electron chi connectivity index (χ4n) is 7.16. The van der Waals surface area contributed by atoms with Crippen LogP contribution in [-0.2, 0) is 105 Å². The van der Waals surface area contributed by atoms with Crippen molar-refractivity contribution in [3.63, 3.8) is 0 Å². The molecule has 2 aromatic heterocycles. The Morgan fingerprint density at radius 2 is 1.07 bits per heavy atom. The standard InChI is InChI=1S/C11H20O2.C10H11NO.C10H18O3.C9H10N2O.C9H8O2.C8H8N2O.C7H14N2O.C7H13NO4S.C7H12O5S.C7H12O4S.2K/c1-9(2)10(12)13-8-6-7-11(3,4)5;1-2-10(12)7-8-4-3-5-9(11)6-8;1-4-5-6-12-7-8-13-10(11)9(2)3;1-2-8(12)6-7-4-3-5-9(10)11-7;1-2-7-3-5-8(6-4-7)9(10)11;1-2-8(11)10-7-5-3-4-6-9-7;1-6(2)7(10)8-5-9(3)4;1-4-6(9)8-7(2,3)5-13(10,11)12;1-6(2)7(8)12-4-3-5-13(9,10)11;1-6(2)7(8)4-3-5-12(9,10)11;;/h1,6-8H2,2-5H3;2-6H,1,7,11H2;2,4-8H2,1,3H3;2-5H,1,6H2,(H2,10,11);2-6H,1H2,(H,10,11);2-6H,1H2,(H,9,10,11);1,5H2,2-4H3,(H,8,10);4H,1,5H2,2-3H3,(H,8,9)(H,10,11,12);1,3-5H2,2H3,(H,9,10,11);1,3-5H2,2H3,(H,9,10,11);;/q;;;;;;;;;;2*+1/p-2. The fraction of sp³-hybridized carbons (Fsp3) is 0.388. The predicted molar refractivity (Wildman–Crippen MR) is 469 cm³/mol. The summed E-state index contributed by atoms with van der Waals surface area (Å²) in [5.41, 5.74) is 15.9. The first-order valence-corrected chi connectivity index (χ1v) is 41.4. The number of unbranched alkanes of at least 4 members (excludes halogenated alkanes) is 1. The van der Waals surface area contributed by atoms with Crippen LogP contribution in [0.3, 0.4) is 0 Å². The number of pyridine rings is 2. The molecule has 668 valence electrons. The third-order valence-electron chi connectivity index (χ3n) is 13.1. The van der Waals surface area contributed by atoms with E-state index < -0.39 is 71.0 Å². The Labute approximate surface area is 807 Å². The van der Waals surface area contributed by atoms with Crippen LogP contribution in [0.1, 0.15) is 148 Å². The number of aromatic carboxylic acids is 1. The van der Waals surface area contributed by atoms with Crippen LogP contribution in [0.25, 0.3) is 6.08 Å². The molecule has 4 aromatic rings. The number of anilines is 3. The molecule has 3 amide bonds. The summed E-state index contributed by atoms with van der Waals surface area (Å²) in [5, 5.41) is 16.1. The fourth-order valence-corrected chi connectivity index (χ4v) is 9.11. The van der Waals surface area contributed by atoms with Crippen LogP contribution in [0, 0.1) is 5.41 Å². The molecule has 0 unspecified atom stereocenters. The number of nitrogen functional groups attached to an aromatic ring is 2. The van der Waals surface area contributed by atoms with Gasteiger partial charge in [-0.2, -0.15) is 8.42 Å². The second-order valence-electron chi connectivity index (χ2n) is 27.4. The van der Waals surface area contributed by atoms with E-state index in [4.69, 9.17) is 35.3 Å². The maximum atomic E-state index is 10.9. The molecule has 0 aliphatic rings.